The molecule has 0 bridgehead atoms. The zero-order valence-electron chi connectivity index (χ0n) is 19.8. The van der Waals surface area contributed by atoms with E-state index in [4.69, 9.17) is 9.72 Å². The predicted octanol–water partition coefficient (Wildman–Crippen LogP) is 3.07. The quantitative estimate of drug-likeness (QED) is 0.528. The molecule has 2 heterocycles. The minimum Gasteiger partial charge on any atom is -0.378 e. The number of hydrogen-bond acceptors (Lipinski definition) is 7. The highest BCUT2D eigenvalue weighted by molar-refractivity contribution is 5.98. The summed E-state index contributed by atoms with van der Waals surface area (Å²) in [5, 5.41) is 6.30. The molecule has 4 rings (SSSR count). The van der Waals surface area contributed by atoms with Gasteiger partial charge in [-0.2, -0.15) is 0 Å². The van der Waals surface area contributed by atoms with Crippen LogP contribution in [0.5, 0.6) is 0 Å². The smallest absolute Gasteiger partial charge is 0.251 e. The number of halogens is 1. The molecule has 2 N–H and O–H groups in total. The highest BCUT2D eigenvalue weighted by Crippen LogP contribution is 2.28. The molecule has 1 aromatic heterocycles. The number of rotatable bonds is 8. The molecular weight excluding hydrogens is 435 g/mol. The third kappa shape index (κ3) is 5.78. The van der Waals surface area contributed by atoms with E-state index in [9.17, 15) is 9.18 Å². The molecule has 0 aliphatic carbocycles. The first-order valence-electron chi connectivity index (χ1n) is 11.5. The lowest BCUT2D eigenvalue weighted by molar-refractivity contribution is 0.0951. The number of morpholine rings is 1. The fourth-order valence-electron chi connectivity index (χ4n) is 3.94. The first-order chi connectivity index (χ1) is 16.4. The maximum absolute atomic E-state index is 13.7. The fraction of sp³-hybridized carbons (Fsp3) is 0.400. The van der Waals surface area contributed by atoms with Gasteiger partial charge in [-0.3, -0.25) is 9.78 Å². The average Bonchev–Trinajstić information content (AvgIpc) is 2.83. The highest BCUT2D eigenvalue weighted by atomic mass is 19.1. The molecule has 0 spiro atoms. The molecule has 1 amide bonds. The first-order valence-corrected chi connectivity index (χ1v) is 11.5. The summed E-state index contributed by atoms with van der Waals surface area (Å²) in [7, 11) is 3.92. The monoisotopic (exact) mass is 466 g/mol. The van der Waals surface area contributed by atoms with Crippen LogP contribution in [0.4, 0.5) is 15.9 Å². The lowest BCUT2D eigenvalue weighted by atomic mass is 10.0. The molecule has 1 aliphatic heterocycles. The van der Waals surface area contributed by atoms with Gasteiger partial charge in [-0.15, -0.1) is 0 Å². The minimum atomic E-state index is -0.314. The molecule has 34 heavy (non-hydrogen) atoms. The Balaban J connectivity index is 1.70. The lowest BCUT2D eigenvalue weighted by Gasteiger charge is -2.28. The van der Waals surface area contributed by atoms with Gasteiger partial charge in [0.1, 0.15) is 11.6 Å². The van der Waals surface area contributed by atoms with E-state index in [1.54, 1.807) is 18.3 Å². The highest BCUT2D eigenvalue weighted by Gasteiger charge is 2.19. The topological polar surface area (TPSA) is 82.6 Å². The molecule has 0 radical (unpaired) electrons. The summed E-state index contributed by atoms with van der Waals surface area (Å²) in [6.45, 7) is 6.05. The van der Waals surface area contributed by atoms with E-state index in [1.165, 1.54) is 12.1 Å². The Bertz CT molecular complexity index is 1150. The molecule has 180 valence electrons. The van der Waals surface area contributed by atoms with Gasteiger partial charge in [0.15, 0.2) is 0 Å². The van der Waals surface area contributed by atoms with Crippen molar-refractivity contribution in [3.05, 3.63) is 59.5 Å². The molecule has 1 saturated heterocycles. The van der Waals surface area contributed by atoms with Crippen LogP contribution < -0.4 is 15.5 Å². The van der Waals surface area contributed by atoms with Gasteiger partial charge in [0.2, 0.25) is 0 Å². The Morgan fingerprint density at radius 1 is 1.24 bits per heavy atom. The SMILES string of the molecule is CC(Nc1cccc(F)c1)c1cc(C(=O)NCCN(C)C)cc2ncc(N3CCOCC3)nc12. The van der Waals surface area contributed by atoms with Gasteiger partial charge in [-0.25, -0.2) is 9.37 Å². The Hall–Kier alpha value is -3.30. The molecule has 2 aromatic carbocycles. The van der Waals surface area contributed by atoms with Gasteiger partial charge in [-0.1, -0.05) is 6.07 Å². The number of nitrogens with zero attached hydrogens (tertiary/aromatic N) is 4. The van der Waals surface area contributed by atoms with Crippen molar-refractivity contribution in [1.29, 1.82) is 0 Å². The number of amides is 1. The molecule has 8 nitrogen and oxygen atoms in total. The second-order valence-corrected chi connectivity index (χ2v) is 8.70. The van der Waals surface area contributed by atoms with Crippen LogP contribution >= 0.6 is 0 Å². The van der Waals surface area contributed by atoms with Gasteiger partial charge in [0, 0.05) is 43.0 Å². The van der Waals surface area contributed by atoms with E-state index in [-0.39, 0.29) is 17.8 Å². The zero-order valence-corrected chi connectivity index (χ0v) is 19.8. The summed E-state index contributed by atoms with van der Waals surface area (Å²) < 4.78 is 19.2. The van der Waals surface area contributed by atoms with E-state index in [2.05, 4.69) is 20.5 Å². The third-order valence-corrected chi connectivity index (χ3v) is 5.78. The van der Waals surface area contributed by atoms with E-state index < -0.39 is 0 Å². The van der Waals surface area contributed by atoms with Gasteiger partial charge in [0.25, 0.3) is 5.91 Å². The van der Waals surface area contributed by atoms with Crippen molar-refractivity contribution in [2.24, 2.45) is 0 Å². The fourth-order valence-corrected chi connectivity index (χ4v) is 3.94. The van der Waals surface area contributed by atoms with Crippen LogP contribution in [0.15, 0.2) is 42.6 Å². The maximum atomic E-state index is 13.7. The van der Waals surface area contributed by atoms with Crippen molar-refractivity contribution in [2.45, 2.75) is 13.0 Å². The van der Waals surface area contributed by atoms with Gasteiger partial charge in [-0.05, 0) is 51.4 Å². The summed E-state index contributed by atoms with van der Waals surface area (Å²) in [5.74, 6) is 0.297. The summed E-state index contributed by atoms with van der Waals surface area (Å²) in [4.78, 5) is 26.6. The number of carbonyl (C=O) groups is 1. The number of ether oxygens (including phenoxy) is 1. The molecule has 1 fully saturated rings. The number of benzene rings is 2. The van der Waals surface area contributed by atoms with Crippen LogP contribution in [0.3, 0.4) is 0 Å². The van der Waals surface area contributed by atoms with Crippen LogP contribution in [-0.4, -0.2) is 74.3 Å². The summed E-state index contributed by atoms with van der Waals surface area (Å²) >= 11 is 0. The van der Waals surface area contributed by atoms with Crippen molar-refractivity contribution < 1.29 is 13.9 Å². The van der Waals surface area contributed by atoms with E-state index in [0.717, 1.165) is 31.0 Å². The molecule has 0 saturated carbocycles. The van der Waals surface area contributed by atoms with Gasteiger partial charge in [0.05, 0.1) is 36.5 Å². The number of aromatic nitrogens is 2. The van der Waals surface area contributed by atoms with Crippen molar-refractivity contribution in [1.82, 2.24) is 20.2 Å². The molecule has 1 aliphatic rings. The van der Waals surface area contributed by atoms with Crippen molar-refractivity contribution >= 4 is 28.4 Å². The Kier molecular flexibility index (Phi) is 7.54. The number of fused-ring (bicyclic) bond motifs is 1. The van der Waals surface area contributed by atoms with Crippen LogP contribution in [0, 0.1) is 5.82 Å². The third-order valence-electron chi connectivity index (χ3n) is 5.78. The van der Waals surface area contributed by atoms with Crippen LogP contribution in [-0.2, 0) is 4.74 Å². The van der Waals surface area contributed by atoms with E-state index in [0.29, 0.717) is 42.0 Å². The standard InChI is InChI=1S/C25H31FN6O2/c1-17(29-20-6-4-5-19(26)15-20)21-13-18(25(33)27-7-8-31(2)3)14-22-24(21)30-23(16-28-22)32-9-11-34-12-10-32/h4-6,13-17,29H,7-12H2,1-3H3,(H,27,33). The number of anilines is 2. The second kappa shape index (κ2) is 10.8. The Morgan fingerprint density at radius 3 is 2.76 bits per heavy atom. The zero-order chi connectivity index (χ0) is 24.1. The lowest BCUT2D eigenvalue weighted by Crippen LogP contribution is -2.36. The second-order valence-electron chi connectivity index (χ2n) is 8.70. The largest absolute Gasteiger partial charge is 0.378 e. The van der Waals surface area contributed by atoms with Crippen LogP contribution in [0.25, 0.3) is 11.0 Å². The Morgan fingerprint density at radius 2 is 2.03 bits per heavy atom. The van der Waals surface area contributed by atoms with Crippen molar-refractivity contribution in [2.75, 3.05) is 63.7 Å². The van der Waals surface area contributed by atoms with Crippen molar-refractivity contribution in [3.8, 4) is 0 Å². The van der Waals surface area contributed by atoms with Gasteiger partial charge < -0.3 is 25.2 Å². The molecular formula is C25H31FN6O2. The average molecular weight is 467 g/mol. The van der Waals surface area contributed by atoms with Crippen LogP contribution in [0.1, 0.15) is 28.9 Å². The summed E-state index contributed by atoms with van der Waals surface area (Å²) in [5.41, 5.74) is 3.34. The molecule has 3 aromatic rings. The molecule has 1 unspecified atom stereocenters. The van der Waals surface area contributed by atoms with E-state index in [1.807, 2.05) is 38.1 Å². The minimum absolute atomic E-state index is 0.165. The summed E-state index contributed by atoms with van der Waals surface area (Å²) in [6.07, 6.45) is 1.75. The number of hydrogen-bond donors (Lipinski definition) is 2. The first kappa shape index (κ1) is 23.8. The van der Waals surface area contributed by atoms with Gasteiger partial charge >= 0.3 is 0 Å². The maximum Gasteiger partial charge on any atom is 0.251 e. The number of carbonyl (C=O) groups excluding carboxylic acids is 1. The normalized spacial score (nSPS) is 14.9. The molecule has 9 heteroatoms. The van der Waals surface area contributed by atoms with Crippen molar-refractivity contribution in [3.63, 3.8) is 0 Å². The summed E-state index contributed by atoms with van der Waals surface area (Å²) in [6, 6.07) is 9.70. The van der Waals surface area contributed by atoms with E-state index >= 15 is 0 Å². The predicted molar refractivity (Wildman–Crippen MR) is 132 cm³/mol. The number of likely N-dealkylation sites (N-methyl/N-ethyl adjacent to an activating group) is 1. The van der Waals surface area contributed by atoms with Crippen LogP contribution in [0.2, 0.25) is 0 Å². The number of nitrogens with one attached hydrogen (secondary N) is 2. The Labute approximate surface area is 199 Å². The molecule has 1 atom stereocenters.